The van der Waals surface area contributed by atoms with Crippen LogP contribution in [0.1, 0.15) is 62.7 Å². The van der Waals surface area contributed by atoms with E-state index in [9.17, 15) is 14.9 Å². The largest absolute Gasteiger partial charge is 0.351 e. The summed E-state index contributed by atoms with van der Waals surface area (Å²) < 4.78 is 0. The van der Waals surface area contributed by atoms with Crippen molar-refractivity contribution in [3.63, 3.8) is 0 Å². The second-order valence-electron chi connectivity index (χ2n) is 6.96. The number of carbonyl (C=O) groups excluding carboxylic acids is 1. The SMILES string of the molecule is C.O=C(NCC12CCCC(CCC1)C2)c1cc([N+](=O)[O-])ccc1Cl. The minimum atomic E-state index is -0.515. The Bertz CT molecular complexity index is 623. The number of nitro groups is 1. The van der Waals surface area contributed by atoms with Gasteiger partial charge in [0.1, 0.15) is 0 Å². The molecule has 0 atom stereocenters. The predicted octanol–water partition coefficient (Wildman–Crippen LogP) is 4.97. The van der Waals surface area contributed by atoms with Crippen molar-refractivity contribution in [2.24, 2.45) is 11.3 Å². The van der Waals surface area contributed by atoms with Gasteiger partial charge in [-0.05, 0) is 36.7 Å². The number of nitrogens with one attached hydrogen (secondary N) is 1. The molecule has 2 aliphatic carbocycles. The Morgan fingerprint density at radius 2 is 2.00 bits per heavy atom. The summed E-state index contributed by atoms with van der Waals surface area (Å²) in [5.41, 5.74) is 0.276. The highest BCUT2D eigenvalue weighted by Gasteiger charge is 2.39. The van der Waals surface area contributed by atoms with Crippen LogP contribution >= 0.6 is 11.6 Å². The van der Waals surface area contributed by atoms with Gasteiger partial charge in [0, 0.05) is 18.7 Å². The molecule has 2 fully saturated rings. The number of amides is 1. The van der Waals surface area contributed by atoms with Gasteiger partial charge in [-0.2, -0.15) is 0 Å². The normalized spacial score (nSPS) is 25.5. The van der Waals surface area contributed by atoms with Gasteiger partial charge in [-0.15, -0.1) is 0 Å². The number of nitrogens with zero attached hydrogens (tertiary/aromatic N) is 1. The average molecular weight is 353 g/mol. The van der Waals surface area contributed by atoms with Crippen LogP contribution in [0.25, 0.3) is 0 Å². The van der Waals surface area contributed by atoms with Gasteiger partial charge < -0.3 is 5.32 Å². The number of rotatable bonds is 4. The smallest absolute Gasteiger partial charge is 0.270 e. The molecule has 1 aromatic carbocycles. The highest BCUT2D eigenvalue weighted by Crippen LogP contribution is 2.48. The first kappa shape index (κ1) is 18.7. The standard InChI is InChI=1S/C17H21ClN2O3.CH4/c18-15-6-5-13(20(22)23)9-14(15)16(21)19-11-17-7-1-3-12(10-17)4-2-8-17;/h5-6,9,12H,1-4,7-8,10-11H2,(H,19,21);1H4. The molecule has 5 nitrogen and oxygen atoms in total. The molecule has 1 N–H and O–H groups in total. The molecule has 0 heterocycles. The van der Waals surface area contributed by atoms with E-state index in [1.165, 1.54) is 50.3 Å². The minimum absolute atomic E-state index is 0. The highest BCUT2D eigenvalue weighted by molar-refractivity contribution is 6.33. The Morgan fingerprint density at radius 3 is 2.62 bits per heavy atom. The maximum Gasteiger partial charge on any atom is 0.270 e. The van der Waals surface area contributed by atoms with Crippen LogP contribution in [0.2, 0.25) is 5.02 Å². The van der Waals surface area contributed by atoms with Gasteiger partial charge in [0.2, 0.25) is 0 Å². The van der Waals surface area contributed by atoms with Gasteiger partial charge >= 0.3 is 0 Å². The molecule has 0 unspecified atom stereocenters. The second-order valence-corrected chi connectivity index (χ2v) is 7.37. The summed E-state index contributed by atoms with van der Waals surface area (Å²) in [6, 6.07) is 3.97. The molecule has 2 bridgehead atoms. The lowest BCUT2D eigenvalue weighted by molar-refractivity contribution is -0.384. The van der Waals surface area contributed by atoms with Crippen molar-refractivity contribution >= 4 is 23.2 Å². The molecule has 6 heteroatoms. The van der Waals surface area contributed by atoms with Crippen molar-refractivity contribution in [2.75, 3.05) is 6.54 Å². The first-order chi connectivity index (χ1) is 11.0. The zero-order valence-corrected chi connectivity index (χ0v) is 13.8. The maximum absolute atomic E-state index is 12.4. The fraction of sp³-hybridized carbons (Fsp3) is 0.611. The molecule has 1 amide bonds. The van der Waals surface area contributed by atoms with E-state index in [1.807, 2.05) is 0 Å². The van der Waals surface area contributed by atoms with Crippen LogP contribution in [-0.2, 0) is 0 Å². The van der Waals surface area contributed by atoms with Crippen LogP contribution < -0.4 is 5.32 Å². The third kappa shape index (κ3) is 3.89. The minimum Gasteiger partial charge on any atom is -0.351 e. The molecule has 2 aliphatic rings. The Balaban J connectivity index is 0.00000208. The first-order valence-corrected chi connectivity index (χ1v) is 8.59. The summed E-state index contributed by atoms with van der Waals surface area (Å²) >= 11 is 6.04. The number of nitro benzene ring substituents is 1. The fourth-order valence-electron chi connectivity index (χ4n) is 4.23. The third-order valence-electron chi connectivity index (χ3n) is 5.39. The quantitative estimate of drug-likeness (QED) is 0.613. The molecule has 132 valence electrons. The molecule has 0 saturated heterocycles. The van der Waals surface area contributed by atoms with Crippen molar-refractivity contribution in [2.45, 2.75) is 52.4 Å². The number of non-ortho nitro benzene ring substituents is 1. The first-order valence-electron chi connectivity index (χ1n) is 8.21. The van der Waals surface area contributed by atoms with E-state index in [4.69, 9.17) is 11.6 Å². The lowest BCUT2D eigenvalue weighted by Gasteiger charge is -2.45. The van der Waals surface area contributed by atoms with Crippen molar-refractivity contribution in [1.29, 1.82) is 0 Å². The maximum atomic E-state index is 12.4. The van der Waals surface area contributed by atoms with E-state index in [2.05, 4.69) is 5.32 Å². The lowest BCUT2D eigenvalue weighted by atomic mass is 9.62. The van der Waals surface area contributed by atoms with Gasteiger partial charge in [0.15, 0.2) is 0 Å². The second kappa shape index (κ2) is 7.51. The van der Waals surface area contributed by atoms with Gasteiger partial charge in [-0.1, -0.05) is 44.7 Å². The van der Waals surface area contributed by atoms with Crippen LogP contribution in [0.15, 0.2) is 18.2 Å². The molecule has 0 aromatic heterocycles. The van der Waals surface area contributed by atoms with Crippen LogP contribution in [0.4, 0.5) is 5.69 Å². The van der Waals surface area contributed by atoms with Crippen molar-refractivity contribution in [3.05, 3.63) is 38.9 Å². The Labute approximate surface area is 147 Å². The number of fused-ring (bicyclic) bond motifs is 2. The summed E-state index contributed by atoms with van der Waals surface area (Å²) in [7, 11) is 0. The van der Waals surface area contributed by atoms with Crippen LogP contribution in [-0.4, -0.2) is 17.4 Å². The topological polar surface area (TPSA) is 72.2 Å². The monoisotopic (exact) mass is 352 g/mol. The van der Waals surface area contributed by atoms with Gasteiger partial charge in [-0.25, -0.2) is 0 Å². The van der Waals surface area contributed by atoms with E-state index in [0.717, 1.165) is 18.8 Å². The number of hydrogen-bond donors (Lipinski definition) is 1. The van der Waals surface area contributed by atoms with Gasteiger partial charge in [0.05, 0.1) is 15.5 Å². The molecular formula is C18H25ClN2O3. The Morgan fingerprint density at radius 1 is 1.33 bits per heavy atom. The summed E-state index contributed by atoms with van der Waals surface area (Å²) in [5, 5.41) is 14.1. The molecule has 0 aliphatic heterocycles. The number of benzene rings is 1. The van der Waals surface area contributed by atoms with Crippen molar-refractivity contribution < 1.29 is 9.72 Å². The number of halogens is 1. The van der Waals surface area contributed by atoms with E-state index >= 15 is 0 Å². The van der Waals surface area contributed by atoms with Crippen LogP contribution in [0.3, 0.4) is 0 Å². The summed E-state index contributed by atoms with van der Waals surface area (Å²) in [6.07, 6.45) is 8.60. The molecule has 3 rings (SSSR count). The zero-order valence-electron chi connectivity index (χ0n) is 13.0. The highest BCUT2D eigenvalue weighted by atomic mass is 35.5. The number of hydrogen-bond acceptors (Lipinski definition) is 3. The van der Waals surface area contributed by atoms with E-state index in [-0.39, 0.29) is 35.0 Å². The van der Waals surface area contributed by atoms with Crippen molar-refractivity contribution in [1.82, 2.24) is 5.32 Å². The average Bonchev–Trinajstić information content (AvgIpc) is 2.53. The molecule has 2 saturated carbocycles. The molecule has 0 spiro atoms. The lowest BCUT2D eigenvalue weighted by Crippen LogP contribution is -2.43. The fourth-order valence-corrected chi connectivity index (χ4v) is 4.44. The molecule has 1 aromatic rings. The summed E-state index contributed by atoms with van der Waals surface area (Å²) in [5.74, 6) is 0.483. The Hall–Kier alpha value is -1.62. The third-order valence-corrected chi connectivity index (χ3v) is 5.72. The van der Waals surface area contributed by atoms with Crippen molar-refractivity contribution in [3.8, 4) is 0 Å². The van der Waals surface area contributed by atoms with Crippen LogP contribution in [0.5, 0.6) is 0 Å². The van der Waals surface area contributed by atoms with E-state index < -0.39 is 4.92 Å². The Kier molecular flexibility index (Phi) is 5.86. The number of carbonyl (C=O) groups is 1. The predicted molar refractivity (Wildman–Crippen MR) is 95.4 cm³/mol. The summed E-state index contributed by atoms with van der Waals surface area (Å²) in [4.78, 5) is 22.8. The van der Waals surface area contributed by atoms with E-state index in [1.54, 1.807) is 0 Å². The van der Waals surface area contributed by atoms with Gasteiger partial charge in [0.25, 0.3) is 11.6 Å². The zero-order chi connectivity index (χ0) is 16.4. The summed E-state index contributed by atoms with van der Waals surface area (Å²) in [6.45, 7) is 0.640. The molecule has 24 heavy (non-hydrogen) atoms. The molecule has 0 radical (unpaired) electrons. The van der Waals surface area contributed by atoms with Crippen LogP contribution in [0, 0.1) is 21.4 Å². The molecular weight excluding hydrogens is 328 g/mol. The van der Waals surface area contributed by atoms with Gasteiger partial charge in [-0.3, -0.25) is 14.9 Å². The van der Waals surface area contributed by atoms with E-state index in [0.29, 0.717) is 6.54 Å².